The minimum atomic E-state index is -3.82. The van der Waals surface area contributed by atoms with E-state index >= 15 is 0 Å². The fourth-order valence-corrected chi connectivity index (χ4v) is 3.27. The standard InChI is InChI=1S/C13H17ClN2O4S/c1-8(13(17)15-9-3-4-9)16-21(18,19)10-5-6-12(20-2)11(14)7-10/h5-9,16H,3-4H2,1-2H3,(H,15,17). The van der Waals surface area contributed by atoms with E-state index in [1.54, 1.807) is 0 Å². The van der Waals surface area contributed by atoms with Crippen LogP contribution in [0.3, 0.4) is 0 Å². The first-order valence-corrected chi connectivity index (χ1v) is 8.36. The number of carbonyl (C=O) groups excluding carboxylic acids is 1. The molecule has 1 fully saturated rings. The molecule has 1 atom stereocenters. The summed E-state index contributed by atoms with van der Waals surface area (Å²) in [6.45, 7) is 1.50. The van der Waals surface area contributed by atoms with Gasteiger partial charge in [0.15, 0.2) is 0 Å². The molecule has 0 radical (unpaired) electrons. The number of nitrogens with one attached hydrogen (secondary N) is 2. The predicted molar refractivity (Wildman–Crippen MR) is 79.0 cm³/mol. The van der Waals surface area contributed by atoms with Crippen LogP contribution in [0.5, 0.6) is 5.75 Å². The number of amides is 1. The van der Waals surface area contributed by atoms with Crippen molar-refractivity contribution in [1.82, 2.24) is 10.0 Å². The second-order valence-corrected chi connectivity index (χ2v) is 7.04. The van der Waals surface area contributed by atoms with Crippen molar-refractivity contribution >= 4 is 27.5 Å². The molecule has 116 valence electrons. The van der Waals surface area contributed by atoms with Gasteiger partial charge in [-0.3, -0.25) is 4.79 Å². The third kappa shape index (κ3) is 4.09. The summed E-state index contributed by atoms with van der Waals surface area (Å²) in [5.74, 6) is 0.0517. The lowest BCUT2D eigenvalue weighted by molar-refractivity contribution is -0.122. The molecule has 1 aromatic rings. The van der Waals surface area contributed by atoms with Crippen molar-refractivity contribution in [3.05, 3.63) is 23.2 Å². The van der Waals surface area contributed by atoms with Gasteiger partial charge in [0.1, 0.15) is 5.75 Å². The number of hydrogen-bond donors (Lipinski definition) is 2. The molecule has 1 aliphatic rings. The summed E-state index contributed by atoms with van der Waals surface area (Å²) in [4.78, 5) is 11.8. The van der Waals surface area contributed by atoms with Gasteiger partial charge in [-0.25, -0.2) is 8.42 Å². The Morgan fingerprint density at radius 1 is 1.43 bits per heavy atom. The normalized spacial score (nSPS) is 16.3. The van der Waals surface area contributed by atoms with E-state index in [0.29, 0.717) is 5.75 Å². The van der Waals surface area contributed by atoms with Gasteiger partial charge in [0.05, 0.1) is 23.1 Å². The first-order valence-electron chi connectivity index (χ1n) is 6.49. The number of ether oxygens (including phenoxy) is 1. The maximum atomic E-state index is 12.2. The molecule has 8 heteroatoms. The Labute approximate surface area is 128 Å². The van der Waals surface area contributed by atoms with E-state index in [-0.39, 0.29) is 21.9 Å². The Hall–Kier alpha value is -1.31. The molecule has 0 heterocycles. The van der Waals surface area contributed by atoms with Crippen molar-refractivity contribution in [1.29, 1.82) is 0 Å². The van der Waals surface area contributed by atoms with Crippen LogP contribution in [0.1, 0.15) is 19.8 Å². The number of sulfonamides is 1. The van der Waals surface area contributed by atoms with E-state index < -0.39 is 16.1 Å². The molecule has 2 rings (SSSR count). The molecule has 1 saturated carbocycles. The monoisotopic (exact) mass is 332 g/mol. The summed E-state index contributed by atoms with van der Waals surface area (Å²) < 4.78 is 31.7. The number of halogens is 1. The number of benzene rings is 1. The molecular formula is C13H17ClN2O4S. The van der Waals surface area contributed by atoms with Crippen molar-refractivity contribution in [2.24, 2.45) is 0 Å². The fourth-order valence-electron chi connectivity index (χ4n) is 1.72. The largest absolute Gasteiger partial charge is 0.495 e. The van der Waals surface area contributed by atoms with Gasteiger partial charge in [0.2, 0.25) is 15.9 Å². The SMILES string of the molecule is COc1ccc(S(=O)(=O)NC(C)C(=O)NC2CC2)cc1Cl. The van der Waals surface area contributed by atoms with Gasteiger partial charge < -0.3 is 10.1 Å². The first-order chi connectivity index (χ1) is 9.83. The van der Waals surface area contributed by atoms with Crippen molar-refractivity contribution in [2.45, 2.75) is 36.7 Å². The molecule has 21 heavy (non-hydrogen) atoms. The Morgan fingerprint density at radius 2 is 2.10 bits per heavy atom. The van der Waals surface area contributed by atoms with Crippen LogP contribution in [-0.4, -0.2) is 33.5 Å². The molecule has 0 bridgehead atoms. The van der Waals surface area contributed by atoms with Gasteiger partial charge in [0.25, 0.3) is 0 Å². The molecule has 0 aliphatic heterocycles. The Balaban J connectivity index is 2.09. The highest BCUT2D eigenvalue weighted by Gasteiger charge is 2.28. The van der Waals surface area contributed by atoms with E-state index in [1.807, 2.05) is 0 Å². The molecular weight excluding hydrogens is 316 g/mol. The highest BCUT2D eigenvalue weighted by atomic mass is 35.5. The van der Waals surface area contributed by atoms with Crippen LogP contribution in [0.2, 0.25) is 5.02 Å². The van der Waals surface area contributed by atoms with Crippen molar-refractivity contribution in [3.8, 4) is 5.75 Å². The van der Waals surface area contributed by atoms with Gasteiger partial charge in [-0.15, -0.1) is 0 Å². The first kappa shape index (κ1) is 16.1. The zero-order valence-electron chi connectivity index (χ0n) is 11.7. The lowest BCUT2D eigenvalue weighted by Crippen LogP contribution is -2.45. The second kappa shape index (κ2) is 6.21. The lowest BCUT2D eigenvalue weighted by Gasteiger charge is -2.14. The predicted octanol–water partition coefficient (Wildman–Crippen LogP) is 1.29. The molecule has 1 unspecified atom stereocenters. The second-order valence-electron chi connectivity index (χ2n) is 4.92. The van der Waals surface area contributed by atoms with E-state index in [1.165, 1.54) is 32.2 Å². The third-order valence-corrected chi connectivity index (χ3v) is 4.92. The molecule has 0 aromatic heterocycles. The third-order valence-electron chi connectivity index (χ3n) is 3.08. The molecule has 2 N–H and O–H groups in total. The fraction of sp³-hybridized carbons (Fsp3) is 0.462. The summed E-state index contributed by atoms with van der Waals surface area (Å²) in [6, 6.07) is 3.45. The van der Waals surface area contributed by atoms with E-state index in [4.69, 9.17) is 16.3 Å². The molecule has 6 nitrogen and oxygen atoms in total. The number of rotatable bonds is 6. The van der Waals surface area contributed by atoms with Crippen LogP contribution in [0.4, 0.5) is 0 Å². The summed E-state index contributed by atoms with van der Waals surface area (Å²) in [7, 11) is -2.38. The number of methoxy groups -OCH3 is 1. The van der Waals surface area contributed by atoms with Gasteiger partial charge in [0, 0.05) is 6.04 Å². The van der Waals surface area contributed by atoms with E-state index in [0.717, 1.165) is 12.8 Å². The molecule has 1 amide bonds. The van der Waals surface area contributed by atoms with Crippen molar-refractivity contribution in [2.75, 3.05) is 7.11 Å². The quantitative estimate of drug-likeness (QED) is 0.822. The summed E-state index contributed by atoms with van der Waals surface area (Å²) in [5.41, 5.74) is 0. The number of hydrogen-bond acceptors (Lipinski definition) is 4. The van der Waals surface area contributed by atoms with E-state index in [9.17, 15) is 13.2 Å². The minimum absolute atomic E-state index is 0.0145. The van der Waals surface area contributed by atoms with Crippen LogP contribution in [0, 0.1) is 0 Å². The lowest BCUT2D eigenvalue weighted by atomic mass is 10.3. The summed E-state index contributed by atoms with van der Waals surface area (Å²) in [5, 5.41) is 2.94. The molecule has 0 saturated heterocycles. The highest BCUT2D eigenvalue weighted by Crippen LogP contribution is 2.27. The average Bonchev–Trinajstić information content (AvgIpc) is 3.22. The number of carbonyl (C=O) groups is 1. The van der Waals surface area contributed by atoms with Gasteiger partial charge in [-0.2, -0.15) is 4.72 Å². The topological polar surface area (TPSA) is 84.5 Å². The molecule has 0 spiro atoms. The summed E-state index contributed by atoms with van der Waals surface area (Å²) in [6.07, 6.45) is 1.89. The van der Waals surface area contributed by atoms with Crippen LogP contribution in [-0.2, 0) is 14.8 Å². The highest BCUT2D eigenvalue weighted by molar-refractivity contribution is 7.89. The zero-order chi connectivity index (χ0) is 15.6. The van der Waals surface area contributed by atoms with E-state index in [2.05, 4.69) is 10.0 Å². The average molecular weight is 333 g/mol. The maximum absolute atomic E-state index is 12.2. The Kier molecular flexibility index (Phi) is 4.75. The van der Waals surface area contributed by atoms with Crippen LogP contribution >= 0.6 is 11.6 Å². The summed E-state index contributed by atoms with van der Waals surface area (Å²) >= 11 is 5.92. The maximum Gasteiger partial charge on any atom is 0.241 e. The van der Waals surface area contributed by atoms with Gasteiger partial charge in [-0.05, 0) is 38.0 Å². The van der Waals surface area contributed by atoms with Crippen molar-refractivity contribution < 1.29 is 17.9 Å². The minimum Gasteiger partial charge on any atom is -0.495 e. The van der Waals surface area contributed by atoms with Crippen LogP contribution in [0.15, 0.2) is 23.1 Å². The van der Waals surface area contributed by atoms with Crippen molar-refractivity contribution in [3.63, 3.8) is 0 Å². The smallest absolute Gasteiger partial charge is 0.241 e. The Bertz CT molecular complexity index is 644. The van der Waals surface area contributed by atoms with Crippen LogP contribution < -0.4 is 14.8 Å². The van der Waals surface area contributed by atoms with Gasteiger partial charge >= 0.3 is 0 Å². The Morgan fingerprint density at radius 3 is 2.62 bits per heavy atom. The zero-order valence-corrected chi connectivity index (χ0v) is 13.3. The molecule has 1 aromatic carbocycles. The molecule has 1 aliphatic carbocycles. The van der Waals surface area contributed by atoms with Crippen LogP contribution in [0.25, 0.3) is 0 Å². The van der Waals surface area contributed by atoms with Gasteiger partial charge in [-0.1, -0.05) is 11.6 Å².